The molecule has 0 heterocycles. The second-order valence-corrected chi connectivity index (χ2v) is 5.79. The average Bonchev–Trinajstić information content (AvgIpc) is 2.39. The second-order valence-electron chi connectivity index (χ2n) is 4.83. The van der Waals surface area contributed by atoms with Crippen molar-refractivity contribution in [1.82, 2.24) is 0 Å². The lowest BCUT2D eigenvalue weighted by atomic mass is 10.0. The molecular formula is C14H30O3P+. The van der Waals surface area contributed by atoms with Crippen molar-refractivity contribution in [3.63, 3.8) is 0 Å². The minimum absolute atomic E-state index is 0.521. The Kier molecular flexibility index (Phi) is 13.5. The van der Waals surface area contributed by atoms with Gasteiger partial charge in [-0.2, -0.15) is 0 Å². The third kappa shape index (κ3) is 11.1. The smallest absolute Gasteiger partial charge is 0.119 e. The van der Waals surface area contributed by atoms with Crippen LogP contribution in [0.5, 0.6) is 0 Å². The molecule has 0 fully saturated rings. The maximum Gasteiger partial charge on any atom is 0.697 e. The van der Waals surface area contributed by atoms with Gasteiger partial charge in [0.2, 0.25) is 0 Å². The molecule has 0 aliphatic heterocycles. The fourth-order valence-electron chi connectivity index (χ4n) is 1.77. The van der Waals surface area contributed by atoms with E-state index in [4.69, 9.17) is 9.05 Å². The Morgan fingerprint density at radius 1 is 0.944 bits per heavy atom. The van der Waals surface area contributed by atoms with E-state index in [1.165, 1.54) is 25.7 Å². The van der Waals surface area contributed by atoms with Crippen molar-refractivity contribution in [2.45, 2.75) is 72.1 Å². The molecule has 0 amide bonds. The lowest BCUT2D eigenvalue weighted by molar-refractivity contribution is 0.187. The van der Waals surface area contributed by atoms with Crippen molar-refractivity contribution in [2.24, 2.45) is 5.92 Å². The quantitative estimate of drug-likeness (QED) is 0.330. The standard InChI is InChI=1S/C14H30O3P/c1-4-7-9-10-12-16-18(15)17-13-14(6-3)11-8-5-2/h14H,4-13H2,1-3H3/q+1. The summed E-state index contributed by atoms with van der Waals surface area (Å²) in [7, 11) is -1.90. The van der Waals surface area contributed by atoms with Crippen LogP contribution in [0.3, 0.4) is 0 Å². The molecule has 18 heavy (non-hydrogen) atoms. The van der Waals surface area contributed by atoms with E-state index in [2.05, 4.69) is 20.8 Å². The molecule has 0 bridgehead atoms. The van der Waals surface area contributed by atoms with E-state index in [0.29, 0.717) is 19.1 Å². The van der Waals surface area contributed by atoms with Crippen LogP contribution >= 0.6 is 8.25 Å². The highest BCUT2D eigenvalue weighted by molar-refractivity contribution is 7.33. The van der Waals surface area contributed by atoms with Crippen molar-refractivity contribution < 1.29 is 13.6 Å². The molecule has 0 aliphatic carbocycles. The number of hydrogen-bond acceptors (Lipinski definition) is 3. The van der Waals surface area contributed by atoms with Crippen LogP contribution in [0.1, 0.15) is 72.1 Å². The molecule has 3 nitrogen and oxygen atoms in total. The molecule has 0 aromatic heterocycles. The van der Waals surface area contributed by atoms with E-state index in [1.807, 2.05) is 0 Å². The van der Waals surface area contributed by atoms with Crippen LogP contribution in [-0.4, -0.2) is 13.2 Å². The van der Waals surface area contributed by atoms with Crippen molar-refractivity contribution in [3.8, 4) is 0 Å². The predicted molar refractivity (Wildman–Crippen MR) is 77.0 cm³/mol. The van der Waals surface area contributed by atoms with Crippen molar-refractivity contribution >= 4 is 8.25 Å². The highest BCUT2D eigenvalue weighted by atomic mass is 31.1. The summed E-state index contributed by atoms with van der Waals surface area (Å²) in [4.78, 5) is 0. The first-order valence-electron chi connectivity index (χ1n) is 7.47. The van der Waals surface area contributed by atoms with E-state index in [0.717, 1.165) is 25.7 Å². The molecule has 2 atom stereocenters. The van der Waals surface area contributed by atoms with Gasteiger partial charge in [0.05, 0.1) is 0 Å². The summed E-state index contributed by atoms with van der Waals surface area (Å²) in [5.74, 6) is 0.521. The normalized spacial score (nSPS) is 13.6. The molecule has 108 valence electrons. The Labute approximate surface area is 114 Å². The van der Waals surface area contributed by atoms with Crippen LogP contribution in [0.25, 0.3) is 0 Å². The van der Waals surface area contributed by atoms with Gasteiger partial charge in [0.15, 0.2) is 0 Å². The zero-order valence-corrected chi connectivity index (χ0v) is 13.2. The van der Waals surface area contributed by atoms with Crippen molar-refractivity contribution in [3.05, 3.63) is 0 Å². The van der Waals surface area contributed by atoms with Gasteiger partial charge in [0.25, 0.3) is 0 Å². The largest absolute Gasteiger partial charge is 0.697 e. The molecule has 0 aromatic rings. The first-order valence-corrected chi connectivity index (χ1v) is 8.57. The summed E-state index contributed by atoms with van der Waals surface area (Å²) >= 11 is 0. The van der Waals surface area contributed by atoms with Gasteiger partial charge in [-0.05, 0) is 18.8 Å². The Morgan fingerprint density at radius 2 is 1.67 bits per heavy atom. The average molecular weight is 277 g/mol. The summed E-state index contributed by atoms with van der Waals surface area (Å²) in [5.41, 5.74) is 0. The number of unbranched alkanes of at least 4 members (excludes halogenated alkanes) is 4. The van der Waals surface area contributed by atoms with Gasteiger partial charge >= 0.3 is 8.25 Å². The van der Waals surface area contributed by atoms with Gasteiger partial charge in [0, 0.05) is 4.57 Å². The van der Waals surface area contributed by atoms with Crippen LogP contribution in [0, 0.1) is 5.92 Å². The Hall–Kier alpha value is 0.0200. The third-order valence-corrected chi connectivity index (χ3v) is 3.91. The van der Waals surface area contributed by atoms with Crippen molar-refractivity contribution in [1.29, 1.82) is 0 Å². The maximum absolute atomic E-state index is 11.5. The summed E-state index contributed by atoms with van der Waals surface area (Å²) in [6.45, 7) is 7.64. The summed E-state index contributed by atoms with van der Waals surface area (Å²) in [5, 5.41) is 0. The van der Waals surface area contributed by atoms with Gasteiger partial charge < -0.3 is 0 Å². The lowest BCUT2D eigenvalue weighted by Crippen LogP contribution is -2.06. The fourth-order valence-corrected chi connectivity index (χ4v) is 2.45. The Bertz CT molecular complexity index is 197. The van der Waals surface area contributed by atoms with Crippen LogP contribution in [0.15, 0.2) is 0 Å². The summed E-state index contributed by atoms with van der Waals surface area (Å²) < 4.78 is 21.9. The summed E-state index contributed by atoms with van der Waals surface area (Å²) in [6.07, 6.45) is 9.21. The molecule has 0 spiro atoms. The lowest BCUT2D eigenvalue weighted by Gasteiger charge is -2.09. The van der Waals surface area contributed by atoms with Crippen LogP contribution < -0.4 is 0 Å². The molecule has 0 rings (SSSR count). The molecule has 0 saturated heterocycles. The molecule has 0 aliphatic rings. The highest BCUT2D eigenvalue weighted by Gasteiger charge is 2.22. The van der Waals surface area contributed by atoms with E-state index in [-0.39, 0.29) is 0 Å². The van der Waals surface area contributed by atoms with Crippen molar-refractivity contribution in [2.75, 3.05) is 13.2 Å². The minimum atomic E-state index is -1.90. The molecule has 4 heteroatoms. The molecular weight excluding hydrogens is 247 g/mol. The van der Waals surface area contributed by atoms with E-state index in [1.54, 1.807) is 0 Å². The second kappa shape index (κ2) is 13.5. The molecule has 0 saturated carbocycles. The highest BCUT2D eigenvalue weighted by Crippen LogP contribution is 2.27. The van der Waals surface area contributed by atoms with Gasteiger partial charge in [-0.25, -0.2) is 0 Å². The molecule has 0 N–H and O–H groups in total. The van der Waals surface area contributed by atoms with Gasteiger partial charge in [-0.3, -0.25) is 0 Å². The Morgan fingerprint density at radius 3 is 2.28 bits per heavy atom. The van der Waals surface area contributed by atoms with Crippen LogP contribution in [-0.2, 0) is 13.6 Å². The fraction of sp³-hybridized carbons (Fsp3) is 1.00. The number of hydrogen-bond donors (Lipinski definition) is 0. The maximum atomic E-state index is 11.5. The molecule has 2 unspecified atom stereocenters. The van der Waals surface area contributed by atoms with E-state index in [9.17, 15) is 4.57 Å². The molecule has 0 radical (unpaired) electrons. The molecule has 0 aromatic carbocycles. The summed E-state index contributed by atoms with van der Waals surface area (Å²) in [6, 6.07) is 0. The third-order valence-electron chi connectivity index (χ3n) is 3.15. The SMILES string of the molecule is CCCCCCO[P+](=O)OCC(CC)CCCC. The number of rotatable bonds is 13. The topological polar surface area (TPSA) is 35.5 Å². The zero-order valence-electron chi connectivity index (χ0n) is 12.3. The van der Waals surface area contributed by atoms with E-state index < -0.39 is 8.25 Å². The first kappa shape index (κ1) is 18.0. The Balaban J connectivity index is 3.49. The van der Waals surface area contributed by atoms with E-state index >= 15 is 0 Å². The van der Waals surface area contributed by atoms with Gasteiger partial charge in [-0.15, -0.1) is 9.05 Å². The first-order chi connectivity index (χ1) is 8.74. The van der Waals surface area contributed by atoms with Gasteiger partial charge in [-0.1, -0.05) is 59.3 Å². The monoisotopic (exact) mass is 277 g/mol. The van der Waals surface area contributed by atoms with Crippen LogP contribution in [0.2, 0.25) is 0 Å². The predicted octanol–water partition coefficient (Wildman–Crippen LogP) is 5.47. The van der Waals surface area contributed by atoms with Gasteiger partial charge in [0.1, 0.15) is 13.2 Å². The van der Waals surface area contributed by atoms with Crippen LogP contribution in [0.4, 0.5) is 0 Å². The zero-order chi connectivity index (χ0) is 13.6. The minimum Gasteiger partial charge on any atom is -0.119 e.